The molecule has 0 saturated heterocycles. The molecule has 0 N–H and O–H groups in total. The molecule has 0 fully saturated rings. The molecule has 2 heterocycles. The van der Waals surface area contributed by atoms with Gasteiger partial charge in [0.05, 0.1) is 11.4 Å². The minimum absolute atomic E-state index is 0. The summed E-state index contributed by atoms with van der Waals surface area (Å²) in [4.78, 5) is 7.17. The molecule has 0 aliphatic carbocycles. The van der Waals surface area contributed by atoms with Gasteiger partial charge in [0.2, 0.25) is 0 Å². The third-order valence-electron chi connectivity index (χ3n) is 11.4. The van der Waals surface area contributed by atoms with Crippen molar-refractivity contribution in [2.24, 2.45) is 0 Å². The second kappa shape index (κ2) is 17.5. The number of para-hydroxylation sites is 9. The van der Waals surface area contributed by atoms with E-state index in [9.17, 15) is 0 Å². The van der Waals surface area contributed by atoms with Crippen LogP contribution in [-0.2, 0) is 0 Å². The minimum atomic E-state index is -3.46. The summed E-state index contributed by atoms with van der Waals surface area (Å²) >= 11 is 3.86. The molecule has 9 aromatic rings. The summed E-state index contributed by atoms with van der Waals surface area (Å²) in [6, 6.07) is 85.0. The Kier molecular flexibility index (Phi) is 11.5. The normalized spacial score (nSPS) is 12.7. The Labute approximate surface area is 378 Å². The molecule has 6 heteroatoms. The Morgan fingerprint density at radius 3 is 0.934 bits per heavy atom. The number of halogens is 2. The van der Waals surface area contributed by atoms with E-state index >= 15 is 0 Å². The van der Waals surface area contributed by atoms with Crippen molar-refractivity contribution in [2.45, 2.75) is 7.43 Å². The molecule has 0 amide bonds. The Bertz CT molecular complexity index is 2660. The third-order valence-corrected chi connectivity index (χ3v) is 23.1. The van der Waals surface area contributed by atoms with Crippen LogP contribution in [0, 0.1) is 0 Å². The fourth-order valence-electron chi connectivity index (χ4n) is 9.03. The molecule has 0 bridgehead atoms. The van der Waals surface area contributed by atoms with Gasteiger partial charge in [0.25, 0.3) is 0 Å². The van der Waals surface area contributed by atoms with Gasteiger partial charge in [-0.2, -0.15) is 0 Å². The van der Waals surface area contributed by atoms with Gasteiger partial charge < -0.3 is 4.90 Å². The van der Waals surface area contributed by atoms with Crippen LogP contribution in [0.2, 0.25) is 0 Å². The van der Waals surface area contributed by atoms with Crippen LogP contribution in [0.4, 0.5) is 51.2 Å². The Morgan fingerprint density at radius 2 is 0.590 bits per heavy atom. The first-order valence-electron chi connectivity index (χ1n) is 20.1. The number of nitrogens with zero attached hydrogens (tertiary/aromatic N) is 3. The number of hydrogen-bond acceptors (Lipinski definition) is 3. The summed E-state index contributed by atoms with van der Waals surface area (Å²) in [5.41, 5.74) is 10.9. The van der Waals surface area contributed by atoms with Gasteiger partial charge in [-0.1, -0.05) is 49.9 Å². The summed E-state index contributed by atoms with van der Waals surface area (Å²) < 4.78 is 8.04. The first-order valence-corrected chi connectivity index (χ1v) is 25.9. The molecular formula is C55H43Br2GeN3. The van der Waals surface area contributed by atoms with Gasteiger partial charge in [-0.05, 0) is 68.3 Å². The van der Waals surface area contributed by atoms with Crippen LogP contribution in [0.25, 0.3) is 0 Å². The first-order chi connectivity index (χ1) is 29.7. The molecule has 0 aromatic heterocycles. The van der Waals surface area contributed by atoms with Gasteiger partial charge in [-0.15, -0.1) is 0 Å². The molecule has 9 aromatic carbocycles. The molecule has 61 heavy (non-hydrogen) atoms. The van der Waals surface area contributed by atoms with Crippen molar-refractivity contribution < 1.29 is 0 Å². The predicted octanol–water partition coefficient (Wildman–Crippen LogP) is 13.9. The molecule has 3 nitrogen and oxygen atoms in total. The van der Waals surface area contributed by atoms with E-state index in [0.717, 1.165) is 26.0 Å². The van der Waals surface area contributed by atoms with E-state index in [2.05, 4.69) is 253 Å². The molecular weight excluding hydrogens is 935 g/mol. The number of benzene rings is 9. The van der Waals surface area contributed by atoms with E-state index in [1.165, 1.54) is 51.7 Å². The van der Waals surface area contributed by atoms with Gasteiger partial charge >= 0.3 is 232 Å². The van der Waals surface area contributed by atoms with Crippen LogP contribution in [0.3, 0.4) is 0 Å². The van der Waals surface area contributed by atoms with Crippen LogP contribution < -0.4 is 32.3 Å². The van der Waals surface area contributed by atoms with E-state index in [1.807, 2.05) is 30.3 Å². The molecule has 1 spiro atoms. The van der Waals surface area contributed by atoms with Gasteiger partial charge in [0.15, 0.2) is 0 Å². The van der Waals surface area contributed by atoms with E-state index < -0.39 is 13.3 Å². The Morgan fingerprint density at radius 1 is 0.311 bits per heavy atom. The fourth-order valence-corrected chi connectivity index (χ4v) is 21.4. The zero-order valence-corrected chi connectivity index (χ0v) is 37.9. The molecule has 0 radical (unpaired) electrons. The van der Waals surface area contributed by atoms with Crippen LogP contribution >= 0.6 is 31.9 Å². The molecule has 0 saturated carbocycles. The van der Waals surface area contributed by atoms with E-state index in [4.69, 9.17) is 0 Å². The van der Waals surface area contributed by atoms with Crippen molar-refractivity contribution in [3.8, 4) is 0 Å². The van der Waals surface area contributed by atoms with Gasteiger partial charge in [-0.25, -0.2) is 0 Å². The number of anilines is 9. The van der Waals surface area contributed by atoms with Gasteiger partial charge in [0, 0.05) is 14.6 Å². The maximum absolute atomic E-state index is 3.66. The molecule has 11 rings (SSSR count). The Balaban J connectivity index is 0.000000184. The number of fused-ring (bicyclic) bond motifs is 8. The third kappa shape index (κ3) is 7.01. The van der Waals surface area contributed by atoms with Crippen LogP contribution in [-0.4, -0.2) is 13.3 Å². The van der Waals surface area contributed by atoms with Crippen molar-refractivity contribution in [2.75, 3.05) is 14.7 Å². The second-order valence-corrected chi connectivity index (χ2v) is 24.1. The number of rotatable bonds is 5. The Hall–Kier alpha value is -6.12. The zero-order valence-electron chi connectivity index (χ0n) is 32.6. The molecule has 296 valence electrons. The first kappa shape index (κ1) is 40.3. The van der Waals surface area contributed by atoms with Crippen molar-refractivity contribution in [1.82, 2.24) is 0 Å². The van der Waals surface area contributed by atoms with Crippen molar-refractivity contribution >= 4 is 114 Å². The average Bonchev–Trinajstić information content (AvgIpc) is 3.31. The summed E-state index contributed by atoms with van der Waals surface area (Å²) in [6.45, 7) is 0. The van der Waals surface area contributed by atoms with Crippen molar-refractivity contribution in [3.63, 3.8) is 0 Å². The zero-order chi connectivity index (χ0) is 40.5. The van der Waals surface area contributed by atoms with Gasteiger partial charge in [0.1, 0.15) is 0 Å². The van der Waals surface area contributed by atoms with E-state index in [0.29, 0.717) is 0 Å². The maximum atomic E-state index is 3.66. The summed E-state index contributed by atoms with van der Waals surface area (Å²) in [5.74, 6) is 0. The van der Waals surface area contributed by atoms with Crippen LogP contribution in [0.1, 0.15) is 7.43 Å². The van der Waals surface area contributed by atoms with Crippen LogP contribution in [0.15, 0.2) is 246 Å². The SMILES string of the molecule is Brc1ccccc1N(c1ccccc1)c1ccccc1Br.C.c1ccc(N2c3cccc[c]3[Ge]3([c]4ccccc42)[c]2ccccc2N(c2ccccc2)c2cccc[c]23)cc1. The topological polar surface area (TPSA) is 9.72 Å². The monoisotopic (exact) mass is 977 g/mol. The molecule has 0 unspecified atom stereocenters. The summed E-state index contributed by atoms with van der Waals surface area (Å²) in [7, 11) is 0. The summed E-state index contributed by atoms with van der Waals surface area (Å²) in [6.07, 6.45) is 0. The predicted molar refractivity (Wildman–Crippen MR) is 270 cm³/mol. The second-order valence-electron chi connectivity index (χ2n) is 14.7. The van der Waals surface area contributed by atoms with Gasteiger partial charge in [-0.3, -0.25) is 0 Å². The van der Waals surface area contributed by atoms with E-state index in [1.54, 1.807) is 0 Å². The molecule has 2 aliphatic rings. The van der Waals surface area contributed by atoms with Crippen molar-refractivity contribution in [3.05, 3.63) is 246 Å². The quantitative estimate of drug-likeness (QED) is 0.159. The standard InChI is InChI=1S/C36H26GeN2.C18H13Br2N.CH4/c1-3-15-27(16-4-1)38-33-23-11-7-19-29(33)37(30-20-8-12-24-34(30)38)31-21-9-13-25-35(31)39(28-17-5-2-6-18-28)36-26-14-10-22-32(36)37;19-15-10-4-6-12-17(15)21(14-8-2-1-3-9-14)18-13-7-5-11-16(18)20;/h1-26H;1-13H;1H4. The molecule has 2 aliphatic heterocycles. The average molecular weight is 978 g/mol. The fraction of sp³-hybridized carbons (Fsp3) is 0.0182. The number of hydrogen-bond donors (Lipinski definition) is 0. The van der Waals surface area contributed by atoms with Crippen LogP contribution in [0.5, 0.6) is 0 Å². The van der Waals surface area contributed by atoms with E-state index in [-0.39, 0.29) is 7.43 Å². The molecule has 0 atom stereocenters. The summed E-state index contributed by atoms with van der Waals surface area (Å²) in [5, 5.41) is 0. The van der Waals surface area contributed by atoms with Crippen molar-refractivity contribution in [1.29, 1.82) is 0 Å².